The summed E-state index contributed by atoms with van der Waals surface area (Å²) in [5, 5.41) is 1.19. The number of thiol groups is 1. The minimum absolute atomic E-state index is 0.509. The van der Waals surface area contributed by atoms with Gasteiger partial charge < -0.3 is 9.72 Å². The molecule has 0 amide bonds. The zero-order valence-electron chi connectivity index (χ0n) is 13.2. The van der Waals surface area contributed by atoms with Crippen LogP contribution in [0.15, 0.2) is 30.5 Å². The Kier molecular flexibility index (Phi) is 5.56. The van der Waals surface area contributed by atoms with E-state index in [1.54, 1.807) is 0 Å². The Labute approximate surface area is 138 Å². The van der Waals surface area contributed by atoms with E-state index in [0.717, 1.165) is 17.7 Å². The molecule has 2 N–H and O–H groups in total. The second-order valence-corrected chi connectivity index (χ2v) is 7.13. The Bertz CT molecular complexity index is 703. The maximum atomic E-state index is 10.6. The van der Waals surface area contributed by atoms with Gasteiger partial charge in [0.15, 0.2) is 0 Å². The maximum Gasteiger partial charge on any atom is 0.201 e. The van der Waals surface area contributed by atoms with Crippen LogP contribution < -0.4 is 9.46 Å². The molecule has 2 unspecified atom stereocenters. The minimum atomic E-state index is -2.48. The third-order valence-corrected chi connectivity index (χ3v) is 5.29. The van der Waals surface area contributed by atoms with Gasteiger partial charge in [-0.15, -0.1) is 0 Å². The van der Waals surface area contributed by atoms with E-state index >= 15 is 0 Å². The molecule has 1 aliphatic carbocycles. The van der Waals surface area contributed by atoms with Gasteiger partial charge in [-0.25, -0.2) is 13.1 Å². The first-order valence-electron chi connectivity index (χ1n) is 8.30. The van der Waals surface area contributed by atoms with E-state index in [9.17, 15) is 8.42 Å². The summed E-state index contributed by atoms with van der Waals surface area (Å²) in [6.07, 6.45) is 7.63. The smallest absolute Gasteiger partial charge is 0.201 e. The molecule has 2 atom stereocenters. The molecule has 6 heteroatoms. The third kappa shape index (κ3) is 4.48. The van der Waals surface area contributed by atoms with Crippen LogP contribution in [-0.4, -0.2) is 26.6 Å². The van der Waals surface area contributed by atoms with Crippen LogP contribution in [0, 0.1) is 11.8 Å². The van der Waals surface area contributed by atoms with Crippen LogP contribution in [-0.2, 0) is 10.9 Å². The van der Waals surface area contributed by atoms with Crippen LogP contribution in [0.3, 0.4) is 0 Å². The first-order valence-corrected chi connectivity index (χ1v) is 9.48. The fourth-order valence-electron chi connectivity index (χ4n) is 3.55. The van der Waals surface area contributed by atoms with Gasteiger partial charge >= 0.3 is 0 Å². The fourth-order valence-corrected chi connectivity index (χ4v) is 3.86. The number of ether oxygens (including phenoxy) is 1. The van der Waals surface area contributed by atoms with Crippen molar-refractivity contribution in [3.63, 3.8) is 0 Å². The topological polar surface area (TPSA) is 71.2 Å². The summed E-state index contributed by atoms with van der Waals surface area (Å²) in [7, 11) is -2.48. The molecule has 3 rings (SSSR count). The van der Waals surface area contributed by atoms with Crippen molar-refractivity contribution >= 4 is 21.8 Å². The molecule has 1 heterocycles. The second-order valence-electron chi connectivity index (χ2n) is 6.30. The Morgan fingerprint density at radius 1 is 1.17 bits per heavy atom. The molecule has 5 nitrogen and oxygen atoms in total. The molecule has 126 valence electrons. The van der Waals surface area contributed by atoms with Gasteiger partial charge in [0, 0.05) is 24.3 Å². The molecule has 0 aliphatic heterocycles. The summed E-state index contributed by atoms with van der Waals surface area (Å²) in [5.74, 6) is 1.94. The summed E-state index contributed by atoms with van der Waals surface area (Å²) < 4.78 is 29.8. The zero-order chi connectivity index (χ0) is 16.1. The number of H-pyrrole nitrogens is 1. The van der Waals surface area contributed by atoms with Crippen LogP contribution in [0.1, 0.15) is 32.1 Å². The first kappa shape index (κ1) is 16.3. The molecule has 2 aromatic rings. The van der Waals surface area contributed by atoms with Crippen LogP contribution >= 0.6 is 0 Å². The van der Waals surface area contributed by atoms with Gasteiger partial charge in [-0.2, -0.15) is 0 Å². The van der Waals surface area contributed by atoms with Gasteiger partial charge in [0.25, 0.3) is 0 Å². The van der Waals surface area contributed by atoms with Gasteiger partial charge in [0.05, 0.1) is 6.61 Å². The maximum absolute atomic E-state index is 10.6. The van der Waals surface area contributed by atoms with Crippen molar-refractivity contribution in [2.75, 3.05) is 13.2 Å². The highest BCUT2D eigenvalue weighted by molar-refractivity contribution is 7.70. The van der Waals surface area contributed by atoms with Gasteiger partial charge in [0.2, 0.25) is 10.9 Å². The highest BCUT2D eigenvalue weighted by Crippen LogP contribution is 2.33. The monoisotopic (exact) mass is 336 g/mol. The Hall–Kier alpha value is -1.53. The molecule has 0 spiro atoms. The van der Waals surface area contributed by atoms with Gasteiger partial charge in [-0.05, 0) is 48.3 Å². The lowest BCUT2D eigenvalue weighted by atomic mass is 9.78. The normalized spacial score (nSPS) is 21.8. The van der Waals surface area contributed by atoms with Crippen molar-refractivity contribution < 1.29 is 13.2 Å². The van der Waals surface area contributed by atoms with Crippen molar-refractivity contribution in [2.24, 2.45) is 11.8 Å². The van der Waals surface area contributed by atoms with Crippen LogP contribution in [0.2, 0.25) is 0 Å². The number of benzene rings is 1. The molecular formula is C17H24N2O3S. The number of fused-ring (bicyclic) bond motifs is 1. The van der Waals surface area contributed by atoms with Crippen LogP contribution in [0.5, 0.6) is 5.75 Å². The van der Waals surface area contributed by atoms with E-state index in [4.69, 9.17) is 4.74 Å². The van der Waals surface area contributed by atoms with Crippen molar-refractivity contribution in [1.82, 2.24) is 9.71 Å². The molecule has 1 aromatic heterocycles. The highest BCUT2D eigenvalue weighted by atomic mass is 32.2. The third-order valence-electron chi connectivity index (χ3n) is 4.81. The molecular weight excluding hydrogens is 312 g/mol. The number of hydrogen-bond donors (Lipinski definition) is 3. The standard InChI is InChI=1S/C17H24N2O3S/c20-23(21)19-10-8-13-3-1-2-4-15(13)12-22-16-6-5-14-7-9-18-17(14)11-16/h5-7,9,11,13,15,18,23H,1-4,8,10,12H2,(H,19,20,21). The molecule has 23 heavy (non-hydrogen) atoms. The quantitative estimate of drug-likeness (QED) is 0.681. The van der Waals surface area contributed by atoms with Crippen molar-refractivity contribution in [1.29, 1.82) is 0 Å². The lowest BCUT2D eigenvalue weighted by Gasteiger charge is -2.31. The predicted molar refractivity (Wildman–Crippen MR) is 92.2 cm³/mol. The second kappa shape index (κ2) is 7.84. The van der Waals surface area contributed by atoms with E-state index in [2.05, 4.69) is 15.8 Å². The van der Waals surface area contributed by atoms with Crippen molar-refractivity contribution in [2.45, 2.75) is 32.1 Å². The molecule has 1 aromatic carbocycles. The van der Waals surface area contributed by atoms with Gasteiger partial charge in [0.1, 0.15) is 5.75 Å². The number of aromatic nitrogens is 1. The van der Waals surface area contributed by atoms with Crippen molar-refractivity contribution in [3.05, 3.63) is 30.5 Å². The number of nitrogens with one attached hydrogen (secondary N) is 2. The van der Waals surface area contributed by atoms with Crippen LogP contribution in [0.4, 0.5) is 0 Å². The first-order chi connectivity index (χ1) is 11.2. The molecule has 0 bridgehead atoms. The summed E-state index contributed by atoms with van der Waals surface area (Å²) in [5.41, 5.74) is 1.09. The van der Waals surface area contributed by atoms with E-state index in [1.165, 1.54) is 31.1 Å². The van der Waals surface area contributed by atoms with Gasteiger partial charge in [-0.3, -0.25) is 0 Å². The van der Waals surface area contributed by atoms with Crippen molar-refractivity contribution in [3.8, 4) is 5.75 Å². The summed E-state index contributed by atoms with van der Waals surface area (Å²) >= 11 is 0. The summed E-state index contributed by atoms with van der Waals surface area (Å²) in [6, 6.07) is 8.16. The number of rotatable bonds is 7. The number of aromatic amines is 1. The SMILES string of the molecule is O=[SH](=O)NCCC1CCCCC1COc1ccc2cc[nH]c2c1. The lowest BCUT2D eigenvalue weighted by molar-refractivity contribution is 0.143. The fraction of sp³-hybridized carbons (Fsp3) is 0.529. The molecule has 1 aliphatic rings. The lowest BCUT2D eigenvalue weighted by Crippen LogP contribution is -2.28. The molecule has 1 saturated carbocycles. The van der Waals surface area contributed by atoms with E-state index in [-0.39, 0.29) is 0 Å². The highest BCUT2D eigenvalue weighted by Gasteiger charge is 2.25. The Morgan fingerprint density at radius 3 is 2.83 bits per heavy atom. The largest absolute Gasteiger partial charge is 0.493 e. The minimum Gasteiger partial charge on any atom is -0.493 e. The van der Waals surface area contributed by atoms with Crippen LogP contribution in [0.25, 0.3) is 10.9 Å². The Balaban J connectivity index is 1.55. The Morgan fingerprint density at radius 2 is 2.00 bits per heavy atom. The van der Waals surface area contributed by atoms with Gasteiger partial charge in [-0.1, -0.05) is 19.3 Å². The number of hydrogen-bond acceptors (Lipinski definition) is 3. The average molecular weight is 336 g/mol. The molecule has 1 fully saturated rings. The summed E-state index contributed by atoms with van der Waals surface area (Å²) in [4.78, 5) is 3.20. The van der Waals surface area contributed by atoms with E-state index < -0.39 is 10.9 Å². The zero-order valence-corrected chi connectivity index (χ0v) is 14.1. The predicted octanol–water partition coefficient (Wildman–Crippen LogP) is 2.86. The van der Waals surface area contributed by atoms with E-state index in [1.807, 2.05) is 24.4 Å². The van der Waals surface area contributed by atoms with E-state index in [0.29, 0.717) is 25.0 Å². The molecule has 0 radical (unpaired) electrons. The average Bonchev–Trinajstić information content (AvgIpc) is 3.01. The summed E-state index contributed by atoms with van der Waals surface area (Å²) in [6.45, 7) is 1.24. The molecule has 0 saturated heterocycles.